The van der Waals surface area contributed by atoms with E-state index in [1.165, 1.54) is 11.8 Å². The minimum Gasteiger partial charge on any atom is -0.396 e. The van der Waals surface area contributed by atoms with Crippen LogP contribution in [0.25, 0.3) is 0 Å². The monoisotopic (exact) mass is 122 g/mol. The first-order chi connectivity index (χ1) is 3.31. The van der Waals surface area contributed by atoms with Gasteiger partial charge in [0.25, 0.3) is 0 Å². The lowest BCUT2D eigenvalue weighted by molar-refractivity contribution is 0.199. The molecule has 3 heteroatoms. The molecule has 0 fully saturated rings. The van der Waals surface area contributed by atoms with Gasteiger partial charge in [0.05, 0.1) is 0 Å². The molecule has 7 heavy (non-hydrogen) atoms. The Bertz CT molecular complexity index is 40.7. The zero-order valence-electron chi connectivity index (χ0n) is 4.29. The second-order valence-corrected chi connectivity index (χ2v) is 2.22. The van der Waals surface area contributed by atoms with Gasteiger partial charge in [-0.1, -0.05) is 0 Å². The fraction of sp³-hybridized carbons (Fsp3) is 1.00. The summed E-state index contributed by atoms with van der Waals surface area (Å²) in [6.45, 7) is 0.0714. The maximum atomic E-state index is 8.66. The SMILES string of the molecule is CSC(O)CCO. The molecule has 0 heterocycles. The van der Waals surface area contributed by atoms with Gasteiger partial charge < -0.3 is 10.2 Å². The molecule has 0 aliphatic carbocycles. The molecular formula is C4H10O2S. The summed E-state index contributed by atoms with van der Waals surface area (Å²) in [4.78, 5) is 0. The molecule has 0 aliphatic rings. The van der Waals surface area contributed by atoms with Crippen LogP contribution in [0, 0.1) is 0 Å². The summed E-state index contributed by atoms with van der Waals surface area (Å²) < 4.78 is 0. The molecule has 0 saturated heterocycles. The van der Waals surface area contributed by atoms with Crippen molar-refractivity contribution in [3.63, 3.8) is 0 Å². The molecule has 0 aromatic carbocycles. The normalized spacial score (nSPS) is 14.1. The number of hydrogen-bond donors (Lipinski definition) is 2. The molecule has 0 bridgehead atoms. The summed E-state index contributed by atoms with van der Waals surface area (Å²) in [5, 5.41) is 16.9. The van der Waals surface area contributed by atoms with Crippen LogP contribution in [0.5, 0.6) is 0 Å². The Hall–Kier alpha value is 0.270. The van der Waals surface area contributed by atoms with Gasteiger partial charge in [0.15, 0.2) is 0 Å². The van der Waals surface area contributed by atoms with E-state index in [0.29, 0.717) is 6.42 Å². The summed E-state index contributed by atoms with van der Waals surface area (Å²) in [5.74, 6) is 0. The number of rotatable bonds is 3. The summed E-state index contributed by atoms with van der Waals surface area (Å²) in [6.07, 6.45) is 2.28. The van der Waals surface area contributed by atoms with Crippen LogP contribution in [-0.4, -0.2) is 28.5 Å². The molecule has 2 nitrogen and oxygen atoms in total. The Morgan fingerprint density at radius 2 is 2.29 bits per heavy atom. The molecule has 0 saturated carbocycles. The third-order valence-corrected chi connectivity index (χ3v) is 1.43. The van der Waals surface area contributed by atoms with Gasteiger partial charge >= 0.3 is 0 Å². The Labute approximate surface area is 47.5 Å². The van der Waals surface area contributed by atoms with Crippen molar-refractivity contribution < 1.29 is 10.2 Å². The van der Waals surface area contributed by atoms with E-state index < -0.39 is 0 Å². The Balaban J connectivity index is 2.83. The molecule has 2 N–H and O–H groups in total. The molecule has 0 aromatic rings. The first-order valence-corrected chi connectivity index (χ1v) is 3.41. The lowest BCUT2D eigenvalue weighted by atomic mass is 10.5. The molecule has 1 atom stereocenters. The van der Waals surface area contributed by atoms with Gasteiger partial charge in [0, 0.05) is 13.0 Å². The minimum atomic E-state index is -0.384. The van der Waals surface area contributed by atoms with Crippen LogP contribution in [0.1, 0.15) is 6.42 Å². The van der Waals surface area contributed by atoms with Crippen LogP contribution < -0.4 is 0 Å². The Kier molecular flexibility index (Phi) is 4.60. The van der Waals surface area contributed by atoms with Gasteiger partial charge in [-0.15, -0.1) is 11.8 Å². The van der Waals surface area contributed by atoms with Gasteiger partial charge in [-0.25, -0.2) is 0 Å². The van der Waals surface area contributed by atoms with Crippen LogP contribution in [-0.2, 0) is 0 Å². The van der Waals surface area contributed by atoms with Crippen molar-refractivity contribution in [2.75, 3.05) is 12.9 Å². The van der Waals surface area contributed by atoms with Crippen LogP contribution in [0.15, 0.2) is 0 Å². The average Bonchev–Trinajstić information content (AvgIpc) is 1.68. The second-order valence-electron chi connectivity index (χ2n) is 1.20. The Morgan fingerprint density at radius 3 is 2.43 bits per heavy atom. The van der Waals surface area contributed by atoms with E-state index in [1.54, 1.807) is 6.26 Å². The molecule has 0 radical (unpaired) electrons. The molecule has 0 aromatic heterocycles. The highest BCUT2D eigenvalue weighted by Gasteiger charge is 1.95. The zero-order chi connectivity index (χ0) is 5.70. The highest BCUT2D eigenvalue weighted by molar-refractivity contribution is 7.99. The smallest absolute Gasteiger partial charge is 0.101 e. The molecule has 1 unspecified atom stereocenters. The van der Waals surface area contributed by atoms with Crippen molar-refractivity contribution in [2.24, 2.45) is 0 Å². The van der Waals surface area contributed by atoms with E-state index in [2.05, 4.69) is 0 Å². The van der Waals surface area contributed by atoms with Gasteiger partial charge in [0.2, 0.25) is 0 Å². The molecule has 0 amide bonds. The van der Waals surface area contributed by atoms with E-state index in [0.717, 1.165) is 0 Å². The van der Waals surface area contributed by atoms with Crippen LogP contribution in [0.3, 0.4) is 0 Å². The molecule has 0 aliphatic heterocycles. The standard InChI is InChI=1S/C4H10O2S/c1-7-4(6)2-3-5/h4-6H,2-3H2,1H3. The van der Waals surface area contributed by atoms with E-state index in [9.17, 15) is 0 Å². The van der Waals surface area contributed by atoms with Gasteiger partial charge in [-0.2, -0.15) is 0 Å². The van der Waals surface area contributed by atoms with Crippen molar-refractivity contribution in [1.82, 2.24) is 0 Å². The summed E-state index contributed by atoms with van der Waals surface area (Å²) in [5.41, 5.74) is -0.384. The van der Waals surface area contributed by atoms with E-state index in [4.69, 9.17) is 10.2 Å². The molecular weight excluding hydrogens is 112 g/mol. The number of aliphatic hydroxyl groups is 2. The van der Waals surface area contributed by atoms with Gasteiger partial charge in [0.1, 0.15) is 5.44 Å². The maximum Gasteiger partial charge on any atom is 0.101 e. The van der Waals surface area contributed by atoms with Crippen molar-refractivity contribution >= 4 is 11.8 Å². The maximum absolute atomic E-state index is 8.66. The van der Waals surface area contributed by atoms with Crippen molar-refractivity contribution in [3.8, 4) is 0 Å². The third-order valence-electron chi connectivity index (χ3n) is 0.648. The van der Waals surface area contributed by atoms with Crippen molar-refractivity contribution in [3.05, 3.63) is 0 Å². The first kappa shape index (κ1) is 7.27. The zero-order valence-corrected chi connectivity index (χ0v) is 5.11. The van der Waals surface area contributed by atoms with Crippen LogP contribution >= 0.6 is 11.8 Å². The first-order valence-electron chi connectivity index (χ1n) is 2.13. The molecule has 0 spiro atoms. The largest absolute Gasteiger partial charge is 0.396 e. The topological polar surface area (TPSA) is 40.5 Å². The predicted octanol–water partition coefficient (Wildman–Crippen LogP) is 0.0502. The van der Waals surface area contributed by atoms with E-state index >= 15 is 0 Å². The fourth-order valence-electron chi connectivity index (χ4n) is 0.228. The number of aliphatic hydroxyl groups excluding tert-OH is 2. The highest BCUT2D eigenvalue weighted by atomic mass is 32.2. The molecule has 44 valence electrons. The quantitative estimate of drug-likeness (QED) is 0.520. The minimum absolute atomic E-state index is 0.0714. The number of hydrogen-bond acceptors (Lipinski definition) is 3. The Morgan fingerprint density at radius 1 is 1.71 bits per heavy atom. The lowest BCUT2D eigenvalue weighted by Gasteiger charge is -2.01. The summed E-state index contributed by atoms with van der Waals surface area (Å²) >= 11 is 1.34. The molecule has 0 rings (SSSR count). The van der Waals surface area contributed by atoms with Crippen LogP contribution in [0.2, 0.25) is 0 Å². The third kappa shape index (κ3) is 4.12. The van der Waals surface area contributed by atoms with E-state index in [-0.39, 0.29) is 12.0 Å². The summed E-state index contributed by atoms with van der Waals surface area (Å²) in [7, 11) is 0. The predicted molar refractivity (Wildman–Crippen MR) is 31.2 cm³/mol. The lowest BCUT2D eigenvalue weighted by Crippen LogP contribution is -2.01. The van der Waals surface area contributed by atoms with Gasteiger partial charge in [-0.05, 0) is 6.26 Å². The fourth-order valence-corrected chi connectivity index (χ4v) is 0.569. The van der Waals surface area contributed by atoms with Crippen molar-refractivity contribution in [2.45, 2.75) is 11.9 Å². The van der Waals surface area contributed by atoms with Crippen molar-refractivity contribution in [1.29, 1.82) is 0 Å². The van der Waals surface area contributed by atoms with Crippen LogP contribution in [0.4, 0.5) is 0 Å². The highest BCUT2D eigenvalue weighted by Crippen LogP contribution is 2.04. The van der Waals surface area contributed by atoms with E-state index in [1.807, 2.05) is 0 Å². The average molecular weight is 122 g/mol. The number of thioether (sulfide) groups is 1. The van der Waals surface area contributed by atoms with Gasteiger partial charge in [-0.3, -0.25) is 0 Å². The summed E-state index contributed by atoms with van der Waals surface area (Å²) in [6, 6.07) is 0. The second kappa shape index (κ2) is 4.43.